The normalized spacial score (nSPS) is 11.1. The number of thiophene rings is 1. The first-order valence-corrected chi connectivity index (χ1v) is 11.0. The van der Waals surface area contributed by atoms with Crippen LogP contribution in [0, 0.1) is 5.82 Å². The Labute approximate surface area is 183 Å². The molecular formula is C24H22FN3O2S. The fourth-order valence-electron chi connectivity index (χ4n) is 3.66. The van der Waals surface area contributed by atoms with Crippen molar-refractivity contribution in [2.24, 2.45) is 0 Å². The zero-order valence-electron chi connectivity index (χ0n) is 17.3. The molecule has 0 radical (unpaired) electrons. The minimum Gasteiger partial charge on any atom is -0.324 e. The van der Waals surface area contributed by atoms with Crippen LogP contribution in [0.2, 0.25) is 0 Å². The zero-order chi connectivity index (χ0) is 22.0. The maximum absolute atomic E-state index is 13.3. The van der Waals surface area contributed by atoms with Gasteiger partial charge in [-0.3, -0.25) is 14.2 Å². The van der Waals surface area contributed by atoms with Gasteiger partial charge in [0.15, 0.2) is 0 Å². The second-order valence-corrected chi connectivity index (χ2v) is 8.08. The topological polar surface area (TPSA) is 64.0 Å². The summed E-state index contributed by atoms with van der Waals surface area (Å²) in [5.41, 5.74) is 4.08. The highest BCUT2D eigenvalue weighted by atomic mass is 32.1. The number of carbonyl (C=O) groups is 1. The van der Waals surface area contributed by atoms with Crippen LogP contribution in [0.3, 0.4) is 0 Å². The van der Waals surface area contributed by atoms with Crippen molar-refractivity contribution in [2.75, 3.05) is 5.32 Å². The van der Waals surface area contributed by atoms with E-state index in [4.69, 9.17) is 0 Å². The van der Waals surface area contributed by atoms with Crippen LogP contribution in [-0.4, -0.2) is 15.5 Å². The summed E-state index contributed by atoms with van der Waals surface area (Å²) in [7, 11) is 0. The average Bonchev–Trinajstić information content (AvgIpc) is 3.21. The molecule has 0 spiro atoms. The van der Waals surface area contributed by atoms with Gasteiger partial charge in [0, 0.05) is 16.6 Å². The summed E-state index contributed by atoms with van der Waals surface area (Å²) in [6.45, 7) is 3.95. The predicted octanol–water partition coefficient (Wildman–Crippen LogP) is 5.03. The van der Waals surface area contributed by atoms with Crippen molar-refractivity contribution in [2.45, 2.75) is 33.2 Å². The van der Waals surface area contributed by atoms with Crippen molar-refractivity contribution in [3.63, 3.8) is 0 Å². The number of anilines is 1. The van der Waals surface area contributed by atoms with Gasteiger partial charge in [0.1, 0.15) is 17.2 Å². The van der Waals surface area contributed by atoms with Crippen LogP contribution in [0.1, 0.15) is 25.0 Å². The third-order valence-electron chi connectivity index (χ3n) is 5.29. The molecule has 1 amide bonds. The number of carbonyl (C=O) groups excluding carboxylic acids is 1. The molecule has 0 atom stereocenters. The molecule has 0 saturated heterocycles. The van der Waals surface area contributed by atoms with Crippen LogP contribution in [0.4, 0.5) is 10.1 Å². The Balaban J connectivity index is 1.66. The van der Waals surface area contributed by atoms with Crippen molar-refractivity contribution in [1.29, 1.82) is 0 Å². The van der Waals surface area contributed by atoms with Crippen LogP contribution in [-0.2, 0) is 24.2 Å². The summed E-state index contributed by atoms with van der Waals surface area (Å²) in [5.74, 6) is -0.619. The summed E-state index contributed by atoms with van der Waals surface area (Å²) >= 11 is 1.35. The van der Waals surface area contributed by atoms with Crippen molar-refractivity contribution < 1.29 is 9.18 Å². The van der Waals surface area contributed by atoms with Crippen molar-refractivity contribution >= 4 is 33.1 Å². The Hall–Kier alpha value is -3.32. The SMILES string of the molecule is CCc1cccc(CC)c1NC(=O)Cn1cnc2scc(-c3ccc(F)cc3)c2c1=O. The lowest BCUT2D eigenvalue weighted by Gasteiger charge is -2.15. The van der Waals surface area contributed by atoms with Gasteiger partial charge in [-0.25, -0.2) is 9.37 Å². The van der Waals surface area contributed by atoms with Crippen LogP contribution >= 0.6 is 11.3 Å². The largest absolute Gasteiger partial charge is 0.324 e. The minimum atomic E-state index is -0.339. The first kappa shape index (κ1) is 20.9. The lowest BCUT2D eigenvalue weighted by Crippen LogP contribution is -2.28. The first-order chi connectivity index (χ1) is 15.0. The molecule has 5 nitrogen and oxygen atoms in total. The second-order valence-electron chi connectivity index (χ2n) is 7.22. The van der Waals surface area contributed by atoms with Gasteiger partial charge in [0.25, 0.3) is 5.56 Å². The quantitative estimate of drug-likeness (QED) is 0.462. The Kier molecular flexibility index (Phi) is 5.95. The van der Waals surface area contributed by atoms with Gasteiger partial charge < -0.3 is 5.32 Å². The molecule has 4 rings (SSSR count). The van der Waals surface area contributed by atoms with Crippen LogP contribution in [0.15, 0.2) is 59.0 Å². The van der Waals surface area contributed by atoms with Crippen LogP contribution in [0.25, 0.3) is 21.3 Å². The number of halogens is 1. The molecule has 158 valence electrons. The Bertz CT molecular complexity index is 1290. The fourth-order valence-corrected chi connectivity index (χ4v) is 4.57. The molecule has 2 aromatic carbocycles. The molecule has 0 fully saturated rings. The van der Waals surface area contributed by atoms with E-state index in [0.717, 1.165) is 35.2 Å². The average molecular weight is 436 g/mol. The second kappa shape index (κ2) is 8.81. The van der Waals surface area contributed by atoms with Crippen molar-refractivity contribution in [3.05, 3.63) is 81.5 Å². The highest BCUT2D eigenvalue weighted by Gasteiger charge is 2.16. The van der Waals surface area contributed by atoms with E-state index in [1.165, 1.54) is 34.4 Å². The molecule has 0 aliphatic carbocycles. The van der Waals surface area contributed by atoms with Gasteiger partial charge in [-0.1, -0.05) is 44.2 Å². The van der Waals surface area contributed by atoms with Gasteiger partial charge in [-0.15, -0.1) is 11.3 Å². The number of hydrogen-bond donors (Lipinski definition) is 1. The third kappa shape index (κ3) is 4.14. The maximum Gasteiger partial charge on any atom is 0.263 e. The van der Waals surface area contributed by atoms with E-state index in [0.29, 0.717) is 15.8 Å². The maximum atomic E-state index is 13.3. The summed E-state index contributed by atoms with van der Waals surface area (Å²) in [6.07, 6.45) is 3.00. The highest BCUT2D eigenvalue weighted by molar-refractivity contribution is 7.17. The number of fused-ring (bicyclic) bond motifs is 1. The van der Waals surface area contributed by atoms with E-state index < -0.39 is 0 Å². The molecule has 0 saturated carbocycles. The van der Waals surface area contributed by atoms with Gasteiger partial charge in [-0.2, -0.15) is 0 Å². The number of rotatable bonds is 6. The Morgan fingerprint density at radius 1 is 1.10 bits per heavy atom. The van der Waals surface area contributed by atoms with Crippen LogP contribution < -0.4 is 10.9 Å². The Morgan fingerprint density at radius 2 is 1.77 bits per heavy atom. The van der Waals surface area contributed by atoms with Gasteiger partial charge in [-0.05, 0) is 41.7 Å². The number of benzene rings is 2. The molecule has 31 heavy (non-hydrogen) atoms. The fraction of sp³-hybridized carbons (Fsp3) is 0.208. The van der Waals surface area contributed by atoms with E-state index in [2.05, 4.69) is 10.3 Å². The van der Waals surface area contributed by atoms with E-state index in [-0.39, 0.29) is 23.8 Å². The molecular weight excluding hydrogens is 413 g/mol. The number of para-hydroxylation sites is 1. The van der Waals surface area contributed by atoms with Gasteiger partial charge >= 0.3 is 0 Å². The molecule has 7 heteroatoms. The summed E-state index contributed by atoms with van der Waals surface area (Å²) < 4.78 is 14.6. The number of nitrogens with zero attached hydrogens (tertiary/aromatic N) is 2. The summed E-state index contributed by atoms with van der Waals surface area (Å²) in [4.78, 5) is 30.9. The highest BCUT2D eigenvalue weighted by Crippen LogP contribution is 2.30. The van der Waals surface area contributed by atoms with Crippen molar-refractivity contribution in [3.8, 4) is 11.1 Å². The van der Waals surface area contributed by atoms with E-state index in [9.17, 15) is 14.0 Å². The molecule has 0 aliphatic heterocycles. The van der Waals surface area contributed by atoms with E-state index in [1.54, 1.807) is 12.1 Å². The Morgan fingerprint density at radius 3 is 2.42 bits per heavy atom. The number of amides is 1. The van der Waals surface area contributed by atoms with Crippen LogP contribution in [0.5, 0.6) is 0 Å². The van der Waals surface area contributed by atoms with Gasteiger partial charge in [0.2, 0.25) is 5.91 Å². The molecule has 4 aromatic rings. The zero-order valence-corrected chi connectivity index (χ0v) is 18.1. The lowest BCUT2D eigenvalue weighted by atomic mass is 10.0. The molecule has 2 aromatic heterocycles. The summed E-state index contributed by atoms with van der Waals surface area (Å²) in [6, 6.07) is 12.0. The third-order valence-corrected chi connectivity index (χ3v) is 6.18. The number of aromatic nitrogens is 2. The monoisotopic (exact) mass is 435 g/mol. The summed E-state index contributed by atoms with van der Waals surface area (Å²) in [5, 5.41) is 5.26. The number of hydrogen-bond acceptors (Lipinski definition) is 4. The number of aryl methyl sites for hydroxylation is 2. The first-order valence-electron chi connectivity index (χ1n) is 10.1. The molecule has 0 aliphatic rings. The smallest absolute Gasteiger partial charge is 0.263 e. The minimum absolute atomic E-state index is 0.137. The van der Waals surface area contributed by atoms with Crippen molar-refractivity contribution in [1.82, 2.24) is 9.55 Å². The standard InChI is InChI=1S/C24H22FN3O2S/c1-3-15-6-5-7-16(4-2)22(15)27-20(29)12-28-14-26-23-21(24(28)30)19(13-31-23)17-8-10-18(25)11-9-17/h5-11,13-14H,3-4,12H2,1-2H3,(H,27,29). The van der Waals surface area contributed by atoms with E-state index >= 15 is 0 Å². The molecule has 1 N–H and O–H groups in total. The van der Waals surface area contributed by atoms with E-state index in [1.807, 2.05) is 37.4 Å². The number of nitrogens with one attached hydrogen (secondary N) is 1. The predicted molar refractivity (Wildman–Crippen MR) is 123 cm³/mol. The lowest BCUT2D eigenvalue weighted by molar-refractivity contribution is -0.116. The molecule has 0 unspecified atom stereocenters. The molecule has 2 heterocycles. The molecule has 0 bridgehead atoms. The van der Waals surface area contributed by atoms with Gasteiger partial charge in [0.05, 0.1) is 11.7 Å².